The Hall–Kier alpha value is -3.68. The number of aliphatic carboxylic acids is 2. The summed E-state index contributed by atoms with van der Waals surface area (Å²) in [7, 11) is 0. The van der Waals surface area contributed by atoms with Gasteiger partial charge in [-0.25, -0.2) is 14.4 Å². The molecule has 2 aromatic carbocycles. The number of alkyl halides is 4. The summed E-state index contributed by atoms with van der Waals surface area (Å²) in [5, 5.41) is 24.2. The van der Waals surface area contributed by atoms with Crippen molar-refractivity contribution in [2.75, 3.05) is 5.32 Å². The van der Waals surface area contributed by atoms with Crippen LogP contribution < -0.4 is 15.8 Å². The van der Waals surface area contributed by atoms with Crippen molar-refractivity contribution in [1.82, 2.24) is 0 Å². The highest BCUT2D eigenvalue weighted by Gasteiger charge is 2.42. The maximum atomic E-state index is 12.0. The van der Waals surface area contributed by atoms with E-state index >= 15 is 0 Å². The van der Waals surface area contributed by atoms with Crippen LogP contribution in [0.4, 0.5) is 18.9 Å². The van der Waals surface area contributed by atoms with Crippen LogP contribution in [-0.2, 0) is 20.9 Å². The van der Waals surface area contributed by atoms with Crippen molar-refractivity contribution >= 4 is 41.1 Å². The second-order valence-electron chi connectivity index (χ2n) is 6.00. The first kappa shape index (κ1) is 27.4. The molecule has 0 aliphatic carbocycles. The van der Waals surface area contributed by atoms with Crippen LogP contribution in [-0.4, -0.2) is 50.4 Å². The fraction of sp³-hybridized carbons (Fsp3) is 0.158. The Morgan fingerprint density at radius 2 is 1.42 bits per heavy atom. The van der Waals surface area contributed by atoms with Gasteiger partial charge in [0.1, 0.15) is 5.75 Å². The second kappa shape index (κ2) is 11.3. The number of carbonyl (C=O) groups excluding carboxylic acids is 2. The number of benzene rings is 2. The topological polar surface area (TPSA) is 176 Å². The van der Waals surface area contributed by atoms with Gasteiger partial charge in [0.25, 0.3) is 5.91 Å². The highest BCUT2D eigenvalue weighted by atomic mass is 35.5. The number of aliphatic hydroxyl groups is 1. The maximum Gasteiger partial charge on any atom is 0.490 e. The molecule has 1 amide bonds. The molecule has 178 valence electrons. The fourth-order valence-electron chi connectivity index (χ4n) is 1.86. The van der Waals surface area contributed by atoms with E-state index in [0.717, 1.165) is 5.56 Å². The van der Waals surface area contributed by atoms with Gasteiger partial charge in [-0.15, -0.1) is 0 Å². The summed E-state index contributed by atoms with van der Waals surface area (Å²) in [6.45, 7) is 0.363. The second-order valence-corrected chi connectivity index (χ2v) is 6.55. The van der Waals surface area contributed by atoms with E-state index < -0.39 is 35.1 Å². The summed E-state index contributed by atoms with van der Waals surface area (Å²) in [6.07, 6.45) is -5.08. The molecule has 14 heteroatoms. The minimum absolute atomic E-state index is 0.155. The van der Waals surface area contributed by atoms with Crippen LogP contribution in [0.15, 0.2) is 48.5 Å². The molecular formula is C19H16ClF3N2O8. The third kappa shape index (κ3) is 8.40. The Balaban J connectivity index is 0.000000675. The molecule has 0 bridgehead atoms. The van der Waals surface area contributed by atoms with Crippen LogP contribution in [0.3, 0.4) is 0 Å². The predicted octanol–water partition coefficient (Wildman–Crippen LogP) is 1.95. The van der Waals surface area contributed by atoms with Crippen LogP contribution >= 0.6 is 11.6 Å². The number of halogens is 4. The van der Waals surface area contributed by atoms with Crippen molar-refractivity contribution < 1.29 is 52.4 Å². The first-order valence-electron chi connectivity index (χ1n) is 8.56. The average molecular weight is 493 g/mol. The number of ether oxygens (including phenoxy) is 1. The number of hydrogen-bond acceptors (Lipinski definition) is 7. The molecule has 0 aliphatic heterocycles. The lowest BCUT2D eigenvalue weighted by Crippen LogP contribution is -2.44. The largest absolute Gasteiger partial charge is 0.490 e. The minimum Gasteiger partial charge on any atom is -0.478 e. The zero-order valence-corrected chi connectivity index (χ0v) is 17.1. The number of rotatable bonds is 6. The quantitative estimate of drug-likeness (QED) is 0.174. The number of nitrogens with one attached hydrogen (secondary N) is 1. The van der Waals surface area contributed by atoms with Crippen molar-refractivity contribution in [2.24, 2.45) is 5.73 Å². The lowest BCUT2D eigenvalue weighted by Gasteiger charge is -2.15. The predicted molar refractivity (Wildman–Crippen MR) is 106 cm³/mol. The number of carboxylic acid groups (broad SMARTS) is 2. The monoisotopic (exact) mass is 492 g/mol. The smallest absolute Gasteiger partial charge is 0.478 e. The van der Waals surface area contributed by atoms with E-state index in [-0.39, 0.29) is 11.4 Å². The first-order chi connectivity index (χ1) is 15.2. The van der Waals surface area contributed by atoms with Crippen LogP contribution in [0.5, 0.6) is 5.75 Å². The molecular weight excluding hydrogens is 477 g/mol. The van der Waals surface area contributed by atoms with Crippen molar-refractivity contribution in [2.45, 2.75) is 17.8 Å². The van der Waals surface area contributed by atoms with Crippen molar-refractivity contribution in [3.8, 4) is 5.75 Å². The molecule has 0 heterocycles. The Labute approximate surface area is 188 Å². The Bertz CT molecular complexity index is 1010. The molecule has 0 saturated heterocycles. The lowest BCUT2D eigenvalue weighted by molar-refractivity contribution is -0.192. The standard InChI is InChI=1S/C17H15ClN2O6.C2HF3O2/c18-17(25,16(23)24)15(22)20-12-5-7-13(8-6-12)26-14(21)11-3-1-10(9-19)2-4-11;3-2(4,5)1(6)7/h1-8,25H,9,19H2,(H,20,22)(H,23,24);(H,6,7). The minimum atomic E-state index is -5.08. The van der Waals surface area contributed by atoms with Crippen molar-refractivity contribution in [1.29, 1.82) is 0 Å². The van der Waals surface area contributed by atoms with E-state index in [1.807, 2.05) is 0 Å². The summed E-state index contributed by atoms with van der Waals surface area (Å²) < 4.78 is 36.9. The van der Waals surface area contributed by atoms with E-state index in [1.165, 1.54) is 24.3 Å². The normalized spacial score (nSPS) is 12.4. The zero-order chi connectivity index (χ0) is 25.4. The molecule has 0 aliphatic rings. The third-order valence-corrected chi connectivity index (χ3v) is 3.91. The molecule has 0 aromatic heterocycles. The van der Waals surface area contributed by atoms with Gasteiger partial charge < -0.3 is 31.1 Å². The van der Waals surface area contributed by atoms with E-state index in [1.54, 1.807) is 24.3 Å². The van der Waals surface area contributed by atoms with Gasteiger partial charge in [0, 0.05) is 12.2 Å². The average Bonchev–Trinajstić information content (AvgIpc) is 2.74. The van der Waals surface area contributed by atoms with E-state index in [4.69, 9.17) is 37.1 Å². The zero-order valence-electron chi connectivity index (χ0n) is 16.3. The lowest BCUT2D eigenvalue weighted by atomic mass is 10.1. The van der Waals surface area contributed by atoms with E-state index in [2.05, 4.69) is 5.32 Å². The molecule has 0 spiro atoms. The molecule has 1 atom stereocenters. The Kier molecular flexibility index (Phi) is 9.34. The molecule has 2 rings (SSSR count). The number of esters is 1. The molecule has 6 N–H and O–H groups in total. The number of nitrogens with two attached hydrogens (primary N) is 1. The van der Waals surface area contributed by atoms with Gasteiger partial charge in [-0.05, 0) is 42.0 Å². The van der Waals surface area contributed by atoms with Gasteiger partial charge >= 0.3 is 29.1 Å². The molecule has 0 fully saturated rings. The summed E-state index contributed by atoms with van der Waals surface area (Å²) in [5.74, 6) is -6.35. The summed E-state index contributed by atoms with van der Waals surface area (Å²) >= 11 is 5.23. The molecule has 33 heavy (non-hydrogen) atoms. The number of anilines is 1. The summed E-state index contributed by atoms with van der Waals surface area (Å²) in [5.41, 5.74) is 6.86. The third-order valence-electron chi connectivity index (χ3n) is 3.57. The SMILES string of the molecule is NCc1ccc(C(=O)Oc2ccc(NC(=O)C(O)(Cl)C(=O)O)cc2)cc1.O=C(O)C(F)(F)F. The fourth-order valence-corrected chi connectivity index (χ4v) is 1.91. The van der Waals surface area contributed by atoms with Gasteiger partial charge in [0.15, 0.2) is 0 Å². The van der Waals surface area contributed by atoms with Crippen molar-refractivity contribution in [3.63, 3.8) is 0 Å². The van der Waals surface area contributed by atoms with Crippen LogP contribution in [0.1, 0.15) is 15.9 Å². The van der Waals surface area contributed by atoms with Gasteiger partial charge in [0.2, 0.25) is 0 Å². The Morgan fingerprint density at radius 3 is 1.82 bits per heavy atom. The maximum absolute atomic E-state index is 12.0. The molecule has 10 nitrogen and oxygen atoms in total. The molecule has 2 aromatic rings. The molecule has 0 saturated carbocycles. The van der Waals surface area contributed by atoms with Crippen LogP contribution in [0.25, 0.3) is 0 Å². The van der Waals surface area contributed by atoms with Gasteiger partial charge in [-0.1, -0.05) is 23.7 Å². The molecule has 1 unspecified atom stereocenters. The summed E-state index contributed by atoms with van der Waals surface area (Å²) in [4.78, 5) is 43.2. The van der Waals surface area contributed by atoms with Crippen molar-refractivity contribution in [3.05, 3.63) is 59.7 Å². The molecule has 0 radical (unpaired) electrons. The highest BCUT2D eigenvalue weighted by Crippen LogP contribution is 2.20. The van der Waals surface area contributed by atoms with E-state index in [9.17, 15) is 32.7 Å². The number of hydrogen-bond donors (Lipinski definition) is 5. The number of amides is 1. The number of carboxylic acids is 2. The summed E-state index contributed by atoms with van der Waals surface area (Å²) in [6, 6.07) is 12.1. The van der Waals surface area contributed by atoms with Gasteiger partial charge in [0.05, 0.1) is 5.56 Å². The van der Waals surface area contributed by atoms with Gasteiger partial charge in [-0.3, -0.25) is 4.79 Å². The first-order valence-corrected chi connectivity index (χ1v) is 8.93. The van der Waals surface area contributed by atoms with Crippen LogP contribution in [0.2, 0.25) is 0 Å². The van der Waals surface area contributed by atoms with Gasteiger partial charge in [-0.2, -0.15) is 13.2 Å². The van der Waals surface area contributed by atoms with E-state index in [0.29, 0.717) is 12.1 Å². The van der Waals surface area contributed by atoms with Crippen LogP contribution in [0, 0.1) is 0 Å². The Morgan fingerprint density at radius 1 is 0.939 bits per heavy atom. The number of carbonyl (C=O) groups is 4. The highest BCUT2D eigenvalue weighted by molar-refractivity contribution is 6.44.